The number of carboxylic acid groups (broad SMARTS) is 1. The van der Waals surface area contributed by atoms with Crippen LogP contribution >= 0.6 is 0 Å². The SMILES string of the molecule is N=[N+]=NCCCC(=O)[O-]. The number of carbonyl (C=O) groups is 1. The maximum absolute atomic E-state index is 9.73. The van der Waals surface area contributed by atoms with Crippen molar-refractivity contribution in [1.29, 1.82) is 5.53 Å². The lowest BCUT2D eigenvalue weighted by Crippen LogP contribution is -2.21. The number of carbonyl (C=O) groups excluding carboxylic acids is 1. The number of hydrogen-bond acceptors (Lipinski definition) is 4. The van der Waals surface area contributed by atoms with E-state index in [9.17, 15) is 9.90 Å². The third kappa shape index (κ3) is 6.78. The largest absolute Gasteiger partial charge is 0.550 e. The van der Waals surface area contributed by atoms with Crippen molar-refractivity contribution in [3.05, 3.63) is 0 Å². The number of hydrogen-bond donors (Lipinski definition) is 1. The maximum Gasteiger partial charge on any atom is 0.214 e. The van der Waals surface area contributed by atoms with E-state index in [-0.39, 0.29) is 13.0 Å². The average molecular weight is 129 g/mol. The highest BCUT2D eigenvalue weighted by molar-refractivity contribution is 5.64. The molecule has 5 nitrogen and oxygen atoms in total. The van der Waals surface area contributed by atoms with Crippen molar-refractivity contribution < 1.29 is 9.90 Å². The zero-order valence-corrected chi connectivity index (χ0v) is 4.83. The summed E-state index contributed by atoms with van der Waals surface area (Å²) in [5.41, 5.74) is 6.18. The second-order valence-electron chi connectivity index (χ2n) is 1.44. The summed E-state index contributed by atoms with van der Waals surface area (Å²) in [6, 6.07) is 0. The molecule has 9 heavy (non-hydrogen) atoms. The summed E-state index contributed by atoms with van der Waals surface area (Å²) in [7, 11) is 0. The van der Waals surface area contributed by atoms with Gasteiger partial charge in [0, 0.05) is 5.97 Å². The van der Waals surface area contributed by atoms with E-state index in [0.717, 1.165) is 0 Å². The van der Waals surface area contributed by atoms with Crippen molar-refractivity contribution in [2.75, 3.05) is 6.54 Å². The summed E-state index contributed by atoms with van der Waals surface area (Å²) in [5, 5.41) is 13.0. The molecule has 0 amide bonds. The van der Waals surface area contributed by atoms with Crippen LogP contribution in [0.1, 0.15) is 12.8 Å². The molecular formula is C4H7N3O2. The smallest absolute Gasteiger partial charge is 0.214 e. The summed E-state index contributed by atoms with van der Waals surface area (Å²) < 4.78 is 0. The van der Waals surface area contributed by atoms with E-state index in [1.54, 1.807) is 0 Å². The predicted molar refractivity (Wildman–Crippen MR) is 26.4 cm³/mol. The first-order chi connectivity index (χ1) is 4.27. The van der Waals surface area contributed by atoms with E-state index in [0.29, 0.717) is 6.42 Å². The van der Waals surface area contributed by atoms with Crippen molar-refractivity contribution in [2.45, 2.75) is 12.8 Å². The van der Waals surface area contributed by atoms with Crippen LogP contribution in [0.5, 0.6) is 0 Å². The van der Waals surface area contributed by atoms with Crippen molar-refractivity contribution in [3.8, 4) is 0 Å². The van der Waals surface area contributed by atoms with Gasteiger partial charge in [-0.1, -0.05) is 0 Å². The Hall–Kier alpha value is -1.22. The van der Waals surface area contributed by atoms with Gasteiger partial charge in [-0.3, -0.25) is 0 Å². The van der Waals surface area contributed by atoms with Gasteiger partial charge in [-0.2, -0.15) is 0 Å². The minimum atomic E-state index is -1.09. The number of carboxylic acids is 1. The van der Waals surface area contributed by atoms with Gasteiger partial charge in [0.2, 0.25) is 4.91 Å². The van der Waals surface area contributed by atoms with Crippen LogP contribution in [0.3, 0.4) is 0 Å². The first-order valence-corrected chi connectivity index (χ1v) is 2.50. The maximum atomic E-state index is 9.73. The molecule has 0 saturated carbocycles. The molecule has 0 aliphatic heterocycles. The third-order valence-corrected chi connectivity index (χ3v) is 0.710. The fraction of sp³-hybridized carbons (Fsp3) is 0.750. The highest BCUT2D eigenvalue weighted by atomic mass is 16.4. The Bertz CT molecular complexity index is 137. The first-order valence-electron chi connectivity index (χ1n) is 2.50. The minimum Gasteiger partial charge on any atom is -0.550 e. The van der Waals surface area contributed by atoms with Crippen molar-refractivity contribution >= 4 is 5.97 Å². The molecule has 0 spiro atoms. The van der Waals surface area contributed by atoms with E-state index in [4.69, 9.17) is 5.53 Å². The van der Waals surface area contributed by atoms with E-state index in [2.05, 4.69) is 10.0 Å². The molecule has 0 saturated heterocycles. The molecule has 0 aliphatic rings. The molecule has 0 aromatic heterocycles. The molecule has 0 atom stereocenters. The topological polar surface area (TPSA) is 90.4 Å². The third-order valence-electron chi connectivity index (χ3n) is 0.710. The molecule has 50 valence electrons. The van der Waals surface area contributed by atoms with Crippen LogP contribution in [0.25, 0.3) is 0 Å². The van der Waals surface area contributed by atoms with Crippen molar-refractivity contribution in [2.24, 2.45) is 5.11 Å². The summed E-state index contributed by atoms with van der Waals surface area (Å²) in [5.74, 6) is -1.09. The Balaban J connectivity index is 3.10. The van der Waals surface area contributed by atoms with Crippen LogP contribution in [0.15, 0.2) is 5.11 Å². The van der Waals surface area contributed by atoms with Crippen LogP contribution in [0.4, 0.5) is 0 Å². The Labute approximate surface area is 51.9 Å². The van der Waals surface area contributed by atoms with E-state index < -0.39 is 5.97 Å². The summed E-state index contributed by atoms with van der Waals surface area (Å²) in [6.07, 6.45) is 0.379. The lowest BCUT2D eigenvalue weighted by atomic mass is 10.3. The highest BCUT2D eigenvalue weighted by Crippen LogP contribution is 1.84. The fourth-order valence-electron chi connectivity index (χ4n) is 0.344. The van der Waals surface area contributed by atoms with Gasteiger partial charge in [-0.25, -0.2) is 0 Å². The van der Waals surface area contributed by atoms with Gasteiger partial charge in [0.05, 0.1) is 0 Å². The van der Waals surface area contributed by atoms with E-state index in [1.807, 2.05) is 0 Å². The molecule has 0 radical (unpaired) electrons. The molecular weight excluding hydrogens is 122 g/mol. The molecule has 0 heterocycles. The molecule has 0 aliphatic carbocycles. The van der Waals surface area contributed by atoms with Gasteiger partial charge < -0.3 is 9.90 Å². The molecule has 0 rings (SSSR count). The lowest BCUT2D eigenvalue weighted by Gasteiger charge is -1.93. The van der Waals surface area contributed by atoms with Gasteiger partial charge >= 0.3 is 0 Å². The molecule has 0 unspecified atom stereocenters. The summed E-state index contributed by atoms with van der Waals surface area (Å²) in [4.78, 5) is 12.4. The second kappa shape index (κ2) is 4.93. The normalized spacial score (nSPS) is 8.00. The van der Waals surface area contributed by atoms with E-state index in [1.165, 1.54) is 0 Å². The Morgan fingerprint density at radius 2 is 2.44 bits per heavy atom. The van der Waals surface area contributed by atoms with Crippen LogP contribution in [0, 0.1) is 5.53 Å². The minimum absolute atomic E-state index is 0.0149. The zero-order chi connectivity index (χ0) is 7.11. The van der Waals surface area contributed by atoms with Crippen LogP contribution < -0.4 is 10.0 Å². The second-order valence-corrected chi connectivity index (χ2v) is 1.44. The van der Waals surface area contributed by atoms with Gasteiger partial charge in [0.15, 0.2) is 0 Å². The number of nitrogens with one attached hydrogen (secondary N) is 1. The monoisotopic (exact) mass is 129 g/mol. The standard InChI is InChI=1S/C4H7N3O2/c5-7-6-3-1-2-4(8)9/h5H,1-3H2. The van der Waals surface area contributed by atoms with Crippen molar-refractivity contribution in [3.63, 3.8) is 0 Å². The van der Waals surface area contributed by atoms with Gasteiger partial charge in [0.1, 0.15) is 17.2 Å². The quantitative estimate of drug-likeness (QED) is 0.301. The number of rotatable bonds is 4. The van der Waals surface area contributed by atoms with Crippen molar-refractivity contribution in [1.82, 2.24) is 4.91 Å². The number of aliphatic carboxylic acids is 1. The van der Waals surface area contributed by atoms with Crippen LogP contribution in [-0.2, 0) is 4.79 Å². The molecule has 0 aromatic carbocycles. The fourth-order valence-corrected chi connectivity index (χ4v) is 0.344. The van der Waals surface area contributed by atoms with Gasteiger partial charge in [0.25, 0.3) is 0 Å². The molecule has 1 N–H and O–H groups in total. The van der Waals surface area contributed by atoms with Crippen LogP contribution in [-0.4, -0.2) is 12.5 Å². The average Bonchev–Trinajstić information content (AvgIpc) is 1.80. The summed E-state index contributed by atoms with van der Waals surface area (Å²) in [6.45, 7) is 0.289. The molecule has 5 heteroatoms. The predicted octanol–water partition coefficient (Wildman–Crippen LogP) is -0.933. The Morgan fingerprint density at radius 3 is 2.89 bits per heavy atom. The van der Waals surface area contributed by atoms with E-state index >= 15 is 0 Å². The van der Waals surface area contributed by atoms with Crippen LogP contribution in [0.2, 0.25) is 0 Å². The highest BCUT2D eigenvalue weighted by Gasteiger charge is 1.88. The lowest BCUT2D eigenvalue weighted by molar-refractivity contribution is -0.305. The Morgan fingerprint density at radius 1 is 1.78 bits per heavy atom. The number of nitrogens with zero attached hydrogens (tertiary/aromatic N) is 2. The Kier molecular flexibility index (Phi) is 4.26. The zero-order valence-electron chi connectivity index (χ0n) is 4.83. The molecule has 0 fully saturated rings. The first kappa shape index (κ1) is 7.78. The van der Waals surface area contributed by atoms with Gasteiger partial charge in [-0.15, -0.1) is 0 Å². The molecule has 0 bridgehead atoms. The summed E-state index contributed by atoms with van der Waals surface area (Å²) >= 11 is 0. The van der Waals surface area contributed by atoms with Gasteiger partial charge in [-0.05, 0) is 12.8 Å². The molecule has 0 aromatic rings.